The molecule has 5 nitrogen and oxygen atoms in total. The SMILES string of the molecule is CC(C)c1ccccc1OCCCCn1c(CCCCCNC(=O)c2cccs2)nc2ccccc21. The molecule has 0 aliphatic carbocycles. The van der Waals surface area contributed by atoms with Gasteiger partial charge in [-0.15, -0.1) is 11.3 Å². The maximum Gasteiger partial charge on any atom is 0.261 e. The fourth-order valence-electron chi connectivity index (χ4n) is 4.49. The van der Waals surface area contributed by atoms with Crippen LogP contribution in [0.2, 0.25) is 0 Å². The van der Waals surface area contributed by atoms with Gasteiger partial charge in [0.25, 0.3) is 5.91 Å². The number of carbonyl (C=O) groups excluding carboxylic acids is 1. The number of nitrogens with zero attached hydrogens (tertiary/aromatic N) is 2. The average molecular weight is 504 g/mol. The monoisotopic (exact) mass is 503 g/mol. The molecule has 0 aliphatic rings. The van der Waals surface area contributed by atoms with Crippen LogP contribution in [0.15, 0.2) is 66.0 Å². The molecular formula is C30H37N3O2S. The van der Waals surface area contributed by atoms with E-state index in [0.717, 1.165) is 73.6 Å². The summed E-state index contributed by atoms with van der Waals surface area (Å²) in [6.07, 6.45) is 6.11. The summed E-state index contributed by atoms with van der Waals surface area (Å²) in [5, 5.41) is 4.95. The number of nitrogens with one attached hydrogen (secondary N) is 1. The summed E-state index contributed by atoms with van der Waals surface area (Å²) in [5.74, 6) is 2.65. The van der Waals surface area contributed by atoms with Gasteiger partial charge in [-0.25, -0.2) is 4.98 Å². The van der Waals surface area contributed by atoms with E-state index in [0.29, 0.717) is 12.5 Å². The highest BCUT2D eigenvalue weighted by Crippen LogP contribution is 2.26. The lowest BCUT2D eigenvalue weighted by atomic mass is 10.0. The molecule has 4 aromatic rings. The quantitative estimate of drug-likeness (QED) is 0.185. The number of thiophene rings is 1. The lowest BCUT2D eigenvalue weighted by molar-refractivity contribution is 0.0957. The summed E-state index contributed by atoms with van der Waals surface area (Å²) in [6, 6.07) is 20.5. The van der Waals surface area contributed by atoms with Crippen molar-refractivity contribution in [2.24, 2.45) is 0 Å². The number of rotatable bonds is 14. The molecule has 2 heterocycles. The van der Waals surface area contributed by atoms with Crippen LogP contribution >= 0.6 is 11.3 Å². The van der Waals surface area contributed by atoms with E-state index < -0.39 is 0 Å². The zero-order chi connectivity index (χ0) is 25.2. The minimum atomic E-state index is 0.0310. The first kappa shape index (κ1) is 26.0. The number of benzene rings is 2. The third-order valence-corrected chi connectivity index (χ3v) is 7.28. The molecule has 190 valence electrons. The van der Waals surface area contributed by atoms with Gasteiger partial charge in [0.05, 0.1) is 22.5 Å². The van der Waals surface area contributed by atoms with Crippen molar-refractivity contribution in [2.45, 2.75) is 64.8 Å². The van der Waals surface area contributed by atoms with E-state index in [1.165, 1.54) is 22.4 Å². The number of fused-ring (bicyclic) bond motifs is 1. The molecule has 0 saturated carbocycles. The first-order valence-electron chi connectivity index (χ1n) is 13.1. The number of hydrogen-bond acceptors (Lipinski definition) is 4. The first-order chi connectivity index (χ1) is 17.6. The van der Waals surface area contributed by atoms with Crippen molar-refractivity contribution in [3.63, 3.8) is 0 Å². The number of ether oxygens (including phenoxy) is 1. The number of unbranched alkanes of at least 4 members (excludes halogenated alkanes) is 3. The standard InChI is InChI=1S/C30H37N3O2S/c1-23(2)24-13-5-8-16-27(24)35-21-11-10-20-33-26-15-7-6-14-25(26)32-29(33)18-4-3-9-19-31-30(34)28-17-12-22-36-28/h5-8,12-17,22-23H,3-4,9-11,18-21H2,1-2H3,(H,31,34). The Hall–Kier alpha value is -3.12. The number of aromatic nitrogens is 2. The summed E-state index contributed by atoms with van der Waals surface area (Å²) in [4.78, 5) is 17.8. The maximum atomic E-state index is 12.1. The average Bonchev–Trinajstić information content (AvgIpc) is 3.55. The highest BCUT2D eigenvalue weighted by atomic mass is 32.1. The van der Waals surface area contributed by atoms with Crippen LogP contribution in [0.3, 0.4) is 0 Å². The third-order valence-electron chi connectivity index (χ3n) is 6.42. The highest BCUT2D eigenvalue weighted by molar-refractivity contribution is 7.12. The van der Waals surface area contributed by atoms with Crippen molar-refractivity contribution in [2.75, 3.05) is 13.2 Å². The van der Waals surface area contributed by atoms with Crippen LogP contribution in [0.1, 0.15) is 72.9 Å². The van der Waals surface area contributed by atoms with Crippen molar-refractivity contribution in [3.8, 4) is 5.75 Å². The Bertz CT molecular complexity index is 1230. The lowest BCUT2D eigenvalue weighted by Gasteiger charge is -2.14. The Morgan fingerprint density at radius 3 is 2.64 bits per heavy atom. The van der Waals surface area contributed by atoms with Gasteiger partial charge in [0, 0.05) is 19.5 Å². The molecule has 6 heteroatoms. The molecule has 4 rings (SSSR count). The molecule has 0 atom stereocenters. The topological polar surface area (TPSA) is 56.1 Å². The molecule has 1 amide bonds. The van der Waals surface area contributed by atoms with Gasteiger partial charge in [-0.2, -0.15) is 0 Å². The third kappa shape index (κ3) is 6.97. The summed E-state index contributed by atoms with van der Waals surface area (Å²) in [6.45, 7) is 6.79. The molecule has 36 heavy (non-hydrogen) atoms. The number of aryl methyl sites for hydroxylation is 2. The summed E-state index contributed by atoms with van der Waals surface area (Å²) < 4.78 is 8.51. The second kappa shape index (κ2) is 13.3. The predicted octanol–water partition coefficient (Wildman–Crippen LogP) is 7.22. The summed E-state index contributed by atoms with van der Waals surface area (Å²) >= 11 is 1.48. The van der Waals surface area contributed by atoms with E-state index in [4.69, 9.17) is 9.72 Å². The Balaban J connectivity index is 1.24. The minimum Gasteiger partial charge on any atom is -0.493 e. The zero-order valence-electron chi connectivity index (χ0n) is 21.4. The minimum absolute atomic E-state index is 0.0310. The van der Waals surface area contributed by atoms with Gasteiger partial charge in [-0.1, -0.05) is 56.7 Å². The van der Waals surface area contributed by atoms with Crippen molar-refractivity contribution in [3.05, 3.63) is 82.3 Å². The Kier molecular flexibility index (Phi) is 9.56. The van der Waals surface area contributed by atoms with Gasteiger partial charge < -0.3 is 14.6 Å². The zero-order valence-corrected chi connectivity index (χ0v) is 22.2. The first-order valence-corrected chi connectivity index (χ1v) is 14.0. The summed E-state index contributed by atoms with van der Waals surface area (Å²) in [7, 11) is 0. The van der Waals surface area contributed by atoms with Gasteiger partial charge in [0.1, 0.15) is 11.6 Å². The van der Waals surface area contributed by atoms with Gasteiger partial charge in [-0.3, -0.25) is 4.79 Å². The number of carbonyl (C=O) groups is 1. The van der Waals surface area contributed by atoms with Crippen molar-refractivity contribution < 1.29 is 9.53 Å². The largest absolute Gasteiger partial charge is 0.493 e. The van der Waals surface area contributed by atoms with Crippen LogP contribution in [0.4, 0.5) is 0 Å². The molecule has 0 radical (unpaired) electrons. The van der Waals surface area contributed by atoms with Crippen LogP contribution < -0.4 is 10.1 Å². The number of para-hydroxylation sites is 3. The van der Waals surface area contributed by atoms with Crippen LogP contribution in [-0.4, -0.2) is 28.6 Å². The van der Waals surface area contributed by atoms with Crippen LogP contribution in [0.25, 0.3) is 11.0 Å². The molecule has 0 aliphatic heterocycles. The molecule has 0 spiro atoms. The molecule has 0 bridgehead atoms. The second-order valence-electron chi connectivity index (χ2n) is 9.46. The fourth-order valence-corrected chi connectivity index (χ4v) is 5.13. The van der Waals surface area contributed by atoms with Crippen molar-refractivity contribution in [1.29, 1.82) is 0 Å². The van der Waals surface area contributed by atoms with Crippen molar-refractivity contribution >= 4 is 28.3 Å². The van der Waals surface area contributed by atoms with E-state index in [1.807, 2.05) is 23.6 Å². The van der Waals surface area contributed by atoms with Gasteiger partial charge >= 0.3 is 0 Å². The fraction of sp³-hybridized carbons (Fsp3) is 0.400. The van der Waals surface area contributed by atoms with E-state index in [-0.39, 0.29) is 5.91 Å². The molecular weight excluding hydrogens is 466 g/mol. The molecule has 2 aromatic carbocycles. The molecule has 0 saturated heterocycles. The number of imidazole rings is 1. The highest BCUT2D eigenvalue weighted by Gasteiger charge is 2.11. The molecule has 0 fully saturated rings. The van der Waals surface area contributed by atoms with Crippen molar-refractivity contribution in [1.82, 2.24) is 14.9 Å². The van der Waals surface area contributed by atoms with Crippen LogP contribution in [-0.2, 0) is 13.0 Å². The predicted molar refractivity (Wildman–Crippen MR) is 149 cm³/mol. The molecule has 2 aromatic heterocycles. The Morgan fingerprint density at radius 2 is 1.81 bits per heavy atom. The maximum absolute atomic E-state index is 12.1. The number of amides is 1. The van der Waals surface area contributed by atoms with Gasteiger partial charge in [0.15, 0.2) is 0 Å². The second-order valence-corrected chi connectivity index (χ2v) is 10.4. The van der Waals surface area contributed by atoms with Gasteiger partial charge in [0.2, 0.25) is 0 Å². The Labute approximate surface area is 218 Å². The van der Waals surface area contributed by atoms with E-state index in [2.05, 4.69) is 66.2 Å². The summed E-state index contributed by atoms with van der Waals surface area (Å²) in [5.41, 5.74) is 3.55. The van der Waals surface area contributed by atoms with Crippen LogP contribution in [0.5, 0.6) is 5.75 Å². The lowest BCUT2D eigenvalue weighted by Crippen LogP contribution is -2.23. The molecule has 1 N–H and O–H groups in total. The van der Waals surface area contributed by atoms with Gasteiger partial charge in [-0.05, 0) is 66.8 Å². The van der Waals surface area contributed by atoms with Crippen LogP contribution in [0, 0.1) is 0 Å². The van der Waals surface area contributed by atoms with E-state index >= 15 is 0 Å². The Morgan fingerprint density at radius 1 is 0.972 bits per heavy atom. The smallest absolute Gasteiger partial charge is 0.261 e. The molecule has 0 unspecified atom stereocenters. The normalized spacial score (nSPS) is 11.3. The van der Waals surface area contributed by atoms with E-state index in [1.54, 1.807) is 0 Å². The number of hydrogen-bond donors (Lipinski definition) is 1. The van der Waals surface area contributed by atoms with E-state index in [9.17, 15) is 4.79 Å².